The third kappa shape index (κ3) is 2.70. The van der Waals surface area contributed by atoms with Crippen molar-refractivity contribution in [3.8, 4) is 0 Å². The topological polar surface area (TPSA) is 53.4 Å². The number of carbonyl (C=O) groups is 1. The molecule has 0 aliphatic heterocycles. The Hall–Kier alpha value is -1.62. The van der Waals surface area contributed by atoms with E-state index >= 15 is 0 Å². The van der Waals surface area contributed by atoms with E-state index in [0.717, 1.165) is 9.37 Å². The van der Waals surface area contributed by atoms with E-state index in [0.29, 0.717) is 11.4 Å². The fourth-order valence-electron chi connectivity index (χ4n) is 1.21. The summed E-state index contributed by atoms with van der Waals surface area (Å²) in [5, 5.41) is 9.04. The highest BCUT2D eigenvalue weighted by molar-refractivity contribution is 9.10. The van der Waals surface area contributed by atoms with Crippen LogP contribution in [-0.4, -0.2) is 22.7 Å². The molecule has 0 unspecified atom stereocenters. The highest BCUT2D eigenvalue weighted by atomic mass is 79.9. The smallest absolute Gasteiger partial charge is 0.413 e. The minimum atomic E-state index is -1.07. The summed E-state index contributed by atoms with van der Waals surface area (Å²) in [6, 6.07) is 1.76. The van der Waals surface area contributed by atoms with Crippen LogP contribution in [0.3, 0.4) is 0 Å². The van der Waals surface area contributed by atoms with Crippen molar-refractivity contribution < 1.29 is 9.90 Å². The molecule has 1 aromatic rings. The van der Waals surface area contributed by atoms with Crippen LogP contribution in [0.2, 0.25) is 0 Å². The first kappa shape index (κ1) is 12.4. The van der Waals surface area contributed by atoms with Crippen LogP contribution in [0.25, 0.3) is 6.08 Å². The maximum absolute atomic E-state index is 11.0. The minimum absolute atomic E-state index is 0.185. The summed E-state index contributed by atoms with van der Waals surface area (Å²) < 4.78 is 0.773. The lowest BCUT2D eigenvalue weighted by Gasteiger charge is -2.18. The summed E-state index contributed by atoms with van der Waals surface area (Å²) in [4.78, 5) is 16.2. The van der Waals surface area contributed by atoms with Crippen LogP contribution in [0.5, 0.6) is 0 Å². The number of hydrogen-bond acceptors (Lipinski definition) is 2. The Labute approximate surface area is 102 Å². The van der Waals surface area contributed by atoms with E-state index in [1.54, 1.807) is 18.3 Å². The fraction of sp³-hybridized carbons (Fsp3) is 0.0909. The maximum Gasteiger partial charge on any atom is 0.413 e. The van der Waals surface area contributed by atoms with Crippen LogP contribution in [0.4, 0.5) is 10.6 Å². The van der Waals surface area contributed by atoms with E-state index in [1.165, 1.54) is 6.08 Å². The number of carboxylic acid groups (broad SMARTS) is 1. The summed E-state index contributed by atoms with van der Waals surface area (Å²) in [5.41, 5.74) is 0.652. The van der Waals surface area contributed by atoms with Crippen molar-refractivity contribution >= 4 is 33.9 Å². The number of aromatic nitrogens is 1. The van der Waals surface area contributed by atoms with Gasteiger partial charge in [0.25, 0.3) is 0 Å². The third-order valence-electron chi connectivity index (χ3n) is 1.88. The first-order valence-electron chi connectivity index (χ1n) is 4.49. The summed E-state index contributed by atoms with van der Waals surface area (Å²) in [6.07, 6.45) is 3.54. The molecule has 1 aromatic heterocycles. The van der Waals surface area contributed by atoms with Crippen molar-refractivity contribution in [2.45, 2.75) is 0 Å². The van der Waals surface area contributed by atoms with Gasteiger partial charge in [0.2, 0.25) is 0 Å². The van der Waals surface area contributed by atoms with Gasteiger partial charge in [0.15, 0.2) is 0 Å². The molecular formula is C11H11BrN2O2. The van der Waals surface area contributed by atoms with Crippen LogP contribution in [-0.2, 0) is 0 Å². The minimum Gasteiger partial charge on any atom is -0.465 e. The molecule has 0 bridgehead atoms. The van der Waals surface area contributed by atoms with Gasteiger partial charge in [0, 0.05) is 22.8 Å². The number of nitrogens with zero attached hydrogens (tertiary/aromatic N) is 2. The average molecular weight is 283 g/mol. The van der Waals surface area contributed by atoms with Gasteiger partial charge in [0.05, 0.1) is 0 Å². The van der Waals surface area contributed by atoms with Gasteiger partial charge < -0.3 is 5.11 Å². The van der Waals surface area contributed by atoms with Gasteiger partial charge in [-0.15, -0.1) is 6.58 Å². The zero-order valence-electron chi connectivity index (χ0n) is 8.56. The van der Waals surface area contributed by atoms with Gasteiger partial charge in [-0.3, -0.25) is 4.90 Å². The molecule has 0 aromatic carbocycles. The largest absolute Gasteiger partial charge is 0.465 e. The normalized spacial score (nSPS) is 9.56. The molecule has 0 aliphatic carbocycles. The van der Waals surface area contributed by atoms with Gasteiger partial charge in [-0.2, -0.15) is 0 Å². The summed E-state index contributed by atoms with van der Waals surface area (Å²) in [5.74, 6) is 0.352. The number of rotatable bonds is 4. The molecule has 0 saturated carbocycles. The van der Waals surface area contributed by atoms with E-state index in [2.05, 4.69) is 34.1 Å². The lowest BCUT2D eigenvalue weighted by molar-refractivity contribution is 0.202. The van der Waals surface area contributed by atoms with Crippen molar-refractivity contribution in [3.05, 3.63) is 41.5 Å². The molecule has 0 saturated heterocycles. The molecule has 4 nitrogen and oxygen atoms in total. The Morgan fingerprint density at radius 1 is 1.62 bits per heavy atom. The molecular weight excluding hydrogens is 272 g/mol. The van der Waals surface area contributed by atoms with Gasteiger partial charge in [-0.25, -0.2) is 9.78 Å². The molecule has 0 atom stereocenters. The predicted molar refractivity (Wildman–Crippen MR) is 67.6 cm³/mol. The van der Waals surface area contributed by atoms with Crippen LogP contribution in [0, 0.1) is 0 Å². The Kier molecular flexibility index (Phi) is 4.25. The first-order valence-corrected chi connectivity index (χ1v) is 5.28. The molecule has 0 fully saturated rings. The predicted octanol–water partition coefficient (Wildman–Crippen LogP) is 3.16. The number of amides is 1. The highest BCUT2D eigenvalue weighted by Gasteiger charge is 2.16. The average Bonchev–Trinajstić information content (AvgIpc) is 2.26. The van der Waals surface area contributed by atoms with Crippen molar-refractivity contribution in [2.24, 2.45) is 0 Å². The number of pyridine rings is 1. The van der Waals surface area contributed by atoms with Crippen LogP contribution in [0.15, 0.2) is 36.0 Å². The summed E-state index contributed by atoms with van der Waals surface area (Å²) >= 11 is 3.27. The van der Waals surface area contributed by atoms with Gasteiger partial charge in [-0.05, 0) is 22.0 Å². The second-order valence-electron chi connectivity index (χ2n) is 2.95. The Morgan fingerprint density at radius 2 is 2.31 bits per heavy atom. The van der Waals surface area contributed by atoms with E-state index in [9.17, 15) is 4.79 Å². The molecule has 16 heavy (non-hydrogen) atoms. The molecule has 0 spiro atoms. The molecule has 84 valence electrons. The van der Waals surface area contributed by atoms with Crippen LogP contribution < -0.4 is 4.90 Å². The SMILES string of the molecule is C=CCN(C(=O)O)c1ncc(Br)cc1C=C. The Balaban J connectivity index is 3.22. The molecule has 1 heterocycles. The number of halogens is 1. The monoisotopic (exact) mass is 282 g/mol. The van der Waals surface area contributed by atoms with Crippen molar-refractivity contribution in [1.29, 1.82) is 0 Å². The summed E-state index contributed by atoms with van der Waals surface area (Å²) in [7, 11) is 0. The van der Waals surface area contributed by atoms with Crippen molar-refractivity contribution in [1.82, 2.24) is 4.98 Å². The third-order valence-corrected chi connectivity index (χ3v) is 2.31. The zero-order chi connectivity index (χ0) is 12.1. The quantitative estimate of drug-likeness (QED) is 0.863. The lowest BCUT2D eigenvalue weighted by Crippen LogP contribution is -2.30. The zero-order valence-corrected chi connectivity index (χ0v) is 10.1. The summed E-state index contributed by atoms with van der Waals surface area (Å²) in [6.45, 7) is 7.33. The highest BCUT2D eigenvalue weighted by Crippen LogP contribution is 2.22. The van der Waals surface area contributed by atoms with E-state index in [-0.39, 0.29) is 6.54 Å². The standard InChI is InChI=1S/C11H11BrN2O2/c1-3-5-14(11(15)16)10-8(4-2)6-9(12)7-13-10/h3-4,6-7H,1-2,5H2,(H,15,16). The Morgan fingerprint density at radius 3 is 2.81 bits per heavy atom. The van der Waals surface area contributed by atoms with Crippen LogP contribution in [0.1, 0.15) is 5.56 Å². The van der Waals surface area contributed by atoms with E-state index < -0.39 is 6.09 Å². The molecule has 0 radical (unpaired) electrons. The second kappa shape index (κ2) is 5.46. The lowest BCUT2D eigenvalue weighted by atomic mass is 10.2. The van der Waals surface area contributed by atoms with E-state index in [4.69, 9.17) is 5.11 Å². The van der Waals surface area contributed by atoms with Crippen molar-refractivity contribution in [3.63, 3.8) is 0 Å². The number of anilines is 1. The molecule has 0 aliphatic rings. The maximum atomic E-state index is 11.0. The Bertz CT molecular complexity index is 432. The van der Waals surface area contributed by atoms with E-state index in [1.807, 2.05) is 0 Å². The number of hydrogen-bond donors (Lipinski definition) is 1. The first-order chi connectivity index (χ1) is 7.60. The van der Waals surface area contributed by atoms with Gasteiger partial charge in [0.1, 0.15) is 5.82 Å². The van der Waals surface area contributed by atoms with Gasteiger partial charge >= 0.3 is 6.09 Å². The van der Waals surface area contributed by atoms with Gasteiger partial charge in [-0.1, -0.05) is 18.7 Å². The molecule has 1 amide bonds. The fourth-order valence-corrected chi connectivity index (χ4v) is 1.56. The molecule has 1 rings (SSSR count). The van der Waals surface area contributed by atoms with Crippen molar-refractivity contribution in [2.75, 3.05) is 11.4 Å². The second-order valence-corrected chi connectivity index (χ2v) is 3.87. The molecule has 1 N–H and O–H groups in total. The molecule has 5 heteroatoms. The van der Waals surface area contributed by atoms with Crippen LogP contribution >= 0.6 is 15.9 Å².